The van der Waals surface area contributed by atoms with Gasteiger partial charge in [-0.15, -0.1) is 10.2 Å². The summed E-state index contributed by atoms with van der Waals surface area (Å²) in [4.78, 5) is 27.9. The number of ketones is 2. The van der Waals surface area contributed by atoms with E-state index in [9.17, 15) is 14.0 Å². The fourth-order valence-corrected chi connectivity index (χ4v) is 4.69. The Morgan fingerprint density at radius 3 is 2.36 bits per heavy atom. The lowest BCUT2D eigenvalue weighted by Crippen LogP contribution is -2.08. The summed E-state index contributed by atoms with van der Waals surface area (Å²) < 4.78 is 15.4. The van der Waals surface area contributed by atoms with Gasteiger partial charge in [-0.2, -0.15) is 0 Å². The standard InChI is InChI=1S/C25H23FN4O2S/c1-15-22(17(3)31)16(2)27-23(15)21(32)14-33-25-29-28-24(19-9-11-20(26)12-10-19)30(25)13-18-7-5-4-6-8-18/h4-12,27H,13-14H2,1-3H3. The van der Waals surface area contributed by atoms with Crippen LogP contribution in [0, 0.1) is 19.7 Å². The van der Waals surface area contributed by atoms with Crippen LogP contribution in [0.3, 0.4) is 0 Å². The number of rotatable bonds is 8. The second-order valence-electron chi connectivity index (χ2n) is 7.78. The molecule has 33 heavy (non-hydrogen) atoms. The molecule has 0 saturated carbocycles. The maximum Gasteiger partial charge on any atom is 0.192 e. The molecule has 0 amide bonds. The lowest BCUT2D eigenvalue weighted by Gasteiger charge is -2.10. The van der Waals surface area contributed by atoms with Crippen LogP contribution in [-0.4, -0.2) is 37.1 Å². The average Bonchev–Trinajstić information content (AvgIpc) is 3.33. The number of hydrogen-bond donors (Lipinski definition) is 1. The van der Waals surface area contributed by atoms with Crippen LogP contribution in [0.4, 0.5) is 4.39 Å². The number of nitrogens with zero attached hydrogens (tertiary/aromatic N) is 3. The largest absolute Gasteiger partial charge is 0.355 e. The van der Waals surface area contributed by atoms with Gasteiger partial charge < -0.3 is 4.98 Å². The van der Waals surface area contributed by atoms with Crippen molar-refractivity contribution < 1.29 is 14.0 Å². The zero-order valence-corrected chi connectivity index (χ0v) is 19.4. The number of carbonyl (C=O) groups excluding carboxylic acids is 2. The lowest BCUT2D eigenvalue weighted by molar-refractivity contribution is 0.101. The maximum atomic E-state index is 13.4. The molecule has 0 atom stereocenters. The van der Waals surface area contributed by atoms with E-state index in [4.69, 9.17) is 0 Å². The minimum atomic E-state index is -0.324. The number of carbonyl (C=O) groups is 2. The molecule has 168 valence electrons. The van der Waals surface area contributed by atoms with E-state index in [2.05, 4.69) is 15.2 Å². The van der Waals surface area contributed by atoms with Crippen LogP contribution in [0.1, 0.15) is 44.6 Å². The molecule has 8 heteroatoms. The van der Waals surface area contributed by atoms with Crippen LogP contribution < -0.4 is 0 Å². The first-order valence-electron chi connectivity index (χ1n) is 10.4. The van der Waals surface area contributed by atoms with E-state index in [1.54, 1.807) is 26.0 Å². The van der Waals surface area contributed by atoms with Crippen molar-refractivity contribution in [2.45, 2.75) is 32.5 Å². The molecule has 6 nitrogen and oxygen atoms in total. The number of aromatic amines is 1. The lowest BCUT2D eigenvalue weighted by atomic mass is 10.1. The predicted octanol–water partition coefficient (Wildman–Crippen LogP) is 5.26. The molecular formula is C25H23FN4O2S. The fourth-order valence-electron chi connectivity index (χ4n) is 3.88. The molecular weight excluding hydrogens is 439 g/mol. The van der Waals surface area contributed by atoms with Gasteiger partial charge in [0.15, 0.2) is 22.5 Å². The molecule has 0 aliphatic heterocycles. The number of nitrogens with one attached hydrogen (secondary N) is 1. The van der Waals surface area contributed by atoms with Crippen molar-refractivity contribution in [3.8, 4) is 11.4 Å². The van der Waals surface area contributed by atoms with Crippen molar-refractivity contribution >= 4 is 23.3 Å². The van der Waals surface area contributed by atoms with E-state index in [0.29, 0.717) is 40.0 Å². The highest BCUT2D eigenvalue weighted by atomic mass is 32.2. The summed E-state index contributed by atoms with van der Waals surface area (Å²) in [6.07, 6.45) is 0. The normalized spacial score (nSPS) is 11.0. The Morgan fingerprint density at radius 1 is 1.03 bits per heavy atom. The third-order valence-electron chi connectivity index (χ3n) is 5.40. The Bertz CT molecular complexity index is 1310. The van der Waals surface area contributed by atoms with Crippen molar-refractivity contribution in [1.29, 1.82) is 0 Å². The van der Waals surface area contributed by atoms with Gasteiger partial charge in [0.05, 0.1) is 18.0 Å². The Morgan fingerprint density at radius 2 is 1.73 bits per heavy atom. The molecule has 0 aliphatic rings. The Balaban J connectivity index is 1.62. The van der Waals surface area contributed by atoms with Crippen LogP contribution in [0.25, 0.3) is 11.4 Å². The highest BCUT2D eigenvalue weighted by molar-refractivity contribution is 7.99. The van der Waals surface area contributed by atoms with E-state index in [0.717, 1.165) is 11.1 Å². The van der Waals surface area contributed by atoms with Gasteiger partial charge >= 0.3 is 0 Å². The molecule has 0 radical (unpaired) electrons. The van der Waals surface area contributed by atoms with Crippen LogP contribution in [0.2, 0.25) is 0 Å². The number of aryl methyl sites for hydroxylation is 1. The van der Waals surface area contributed by atoms with Gasteiger partial charge in [-0.05, 0) is 56.2 Å². The molecule has 4 rings (SSSR count). The minimum Gasteiger partial charge on any atom is -0.355 e. The molecule has 0 fully saturated rings. The van der Waals surface area contributed by atoms with Gasteiger partial charge in [0.2, 0.25) is 0 Å². The van der Waals surface area contributed by atoms with E-state index < -0.39 is 0 Å². The summed E-state index contributed by atoms with van der Waals surface area (Å²) in [5.74, 6) is 0.216. The molecule has 4 aromatic rings. The molecule has 0 spiro atoms. The van der Waals surface area contributed by atoms with Crippen molar-refractivity contribution in [3.63, 3.8) is 0 Å². The molecule has 2 aromatic heterocycles. The molecule has 0 unspecified atom stereocenters. The number of halogens is 1. The molecule has 1 N–H and O–H groups in total. The van der Waals surface area contributed by atoms with E-state index in [1.165, 1.54) is 30.8 Å². The number of thioether (sulfide) groups is 1. The van der Waals surface area contributed by atoms with Gasteiger partial charge in [-0.1, -0.05) is 42.1 Å². The zero-order chi connectivity index (χ0) is 23.5. The van der Waals surface area contributed by atoms with Crippen LogP contribution in [0.15, 0.2) is 59.8 Å². The SMILES string of the molecule is CC(=O)c1c(C)[nH]c(C(=O)CSc2nnc(-c3ccc(F)cc3)n2Cc2ccccc2)c1C. The van der Waals surface area contributed by atoms with E-state index in [-0.39, 0.29) is 23.1 Å². The third-order valence-corrected chi connectivity index (χ3v) is 6.37. The number of aromatic nitrogens is 4. The summed E-state index contributed by atoms with van der Waals surface area (Å²) in [5, 5.41) is 9.23. The molecule has 0 saturated heterocycles. The highest BCUT2D eigenvalue weighted by Crippen LogP contribution is 2.27. The maximum absolute atomic E-state index is 13.4. The zero-order valence-electron chi connectivity index (χ0n) is 18.6. The molecule has 2 aromatic carbocycles. The van der Waals surface area contributed by atoms with Crippen LogP contribution in [0.5, 0.6) is 0 Å². The molecule has 0 bridgehead atoms. The molecule has 2 heterocycles. The average molecular weight is 463 g/mol. The molecule has 0 aliphatic carbocycles. The number of hydrogen-bond acceptors (Lipinski definition) is 5. The second-order valence-corrected chi connectivity index (χ2v) is 8.72. The van der Waals surface area contributed by atoms with Gasteiger partial charge in [0.25, 0.3) is 0 Å². The van der Waals surface area contributed by atoms with Crippen molar-refractivity contribution in [2.24, 2.45) is 0 Å². The first kappa shape index (κ1) is 22.7. The number of benzene rings is 2. The van der Waals surface area contributed by atoms with Crippen molar-refractivity contribution in [2.75, 3.05) is 5.75 Å². The second kappa shape index (κ2) is 9.54. The first-order chi connectivity index (χ1) is 15.8. The summed E-state index contributed by atoms with van der Waals surface area (Å²) in [6, 6.07) is 16.0. The summed E-state index contributed by atoms with van der Waals surface area (Å²) >= 11 is 1.28. The van der Waals surface area contributed by atoms with E-state index in [1.807, 2.05) is 34.9 Å². The topological polar surface area (TPSA) is 80.6 Å². The smallest absolute Gasteiger partial charge is 0.192 e. The van der Waals surface area contributed by atoms with Crippen LogP contribution in [-0.2, 0) is 6.54 Å². The van der Waals surface area contributed by atoms with Gasteiger partial charge in [0.1, 0.15) is 5.82 Å². The minimum absolute atomic E-state index is 0.0699. The number of H-pyrrole nitrogens is 1. The Hall–Kier alpha value is -3.52. The first-order valence-corrected chi connectivity index (χ1v) is 11.4. The summed E-state index contributed by atoms with van der Waals surface area (Å²) in [5.41, 5.74) is 4.16. The predicted molar refractivity (Wildman–Crippen MR) is 126 cm³/mol. The quantitative estimate of drug-likeness (QED) is 0.286. The Labute approximate surface area is 195 Å². The third kappa shape index (κ3) is 4.80. The van der Waals surface area contributed by atoms with Gasteiger partial charge in [-0.25, -0.2) is 4.39 Å². The van der Waals surface area contributed by atoms with E-state index >= 15 is 0 Å². The van der Waals surface area contributed by atoms with Gasteiger partial charge in [0, 0.05) is 16.8 Å². The fraction of sp³-hybridized carbons (Fsp3) is 0.200. The monoisotopic (exact) mass is 462 g/mol. The Kier molecular flexibility index (Phi) is 6.55. The highest BCUT2D eigenvalue weighted by Gasteiger charge is 2.21. The van der Waals surface area contributed by atoms with Crippen LogP contribution >= 0.6 is 11.8 Å². The van der Waals surface area contributed by atoms with Crippen molar-refractivity contribution in [1.82, 2.24) is 19.7 Å². The summed E-state index contributed by atoms with van der Waals surface area (Å²) in [7, 11) is 0. The van der Waals surface area contributed by atoms with Gasteiger partial charge in [-0.3, -0.25) is 14.2 Å². The number of Topliss-reactive ketones (excluding diaryl/α,β-unsaturated/α-hetero) is 2. The summed E-state index contributed by atoms with van der Waals surface area (Å²) in [6.45, 7) is 5.57. The van der Waals surface area contributed by atoms with Crippen molar-refractivity contribution in [3.05, 3.63) is 88.5 Å².